The lowest BCUT2D eigenvalue weighted by Crippen LogP contribution is -2.15. The second-order valence-corrected chi connectivity index (χ2v) is 18.4. The molecule has 4 aromatic rings. The minimum Gasteiger partial charge on any atom is -0.507 e. The largest absolute Gasteiger partial charge is 0.507 e. The minimum absolute atomic E-state index is 0.190. The van der Waals surface area contributed by atoms with Crippen LogP contribution in [0.4, 0.5) is 0 Å². The standard InChI is InChI=1S/C44H56O4.CO2/c1-41(2,3)33-17-25-13-27-19-34(42(4,5)6)21-29(38(27)46)15-31-23-36(44(10,11)12)24-32(40(31)48)16-30-22-35(43(7,8)9)20-28(39(30)47)14-26(18-33)37(25)45;2-1-3/h17-24,45-48H,13-16H2,1-12H3;. The number of phenolic OH excluding ortho intramolecular Hbond substituents is 4. The van der Waals surface area contributed by atoms with Crippen LogP contribution in [0, 0.1) is 0 Å². The zero-order valence-electron chi connectivity index (χ0n) is 32.6. The van der Waals surface area contributed by atoms with Crippen LogP contribution in [-0.2, 0) is 56.9 Å². The van der Waals surface area contributed by atoms with E-state index in [-0.39, 0.29) is 50.8 Å². The van der Waals surface area contributed by atoms with Gasteiger partial charge in [0.15, 0.2) is 0 Å². The van der Waals surface area contributed by atoms with Crippen LogP contribution in [0.2, 0.25) is 0 Å². The van der Waals surface area contributed by atoms with Crippen molar-refractivity contribution in [2.24, 2.45) is 0 Å². The van der Waals surface area contributed by atoms with Gasteiger partial charge in [0, 0.05) is 25.7 Å². The van der Waals surface area contributed by atoms with E-state index in [4.69, 9.17) is 9.59 Å². The molecule has 0 aliphatic heterocycles. The Balaban J connectivity index is 0.00000188. The number of carbonyl (C=O) groups excluding carboxylic acids is 2. The minimum atomic E-state index is -0.190. The Bertz CT molecular complexity index is 1610. The van der Waals surface area contributed by atoms with E-state index in [1.165, 1.54) is 0 Å². The van der Waals surface area contributed by atoms with Gasteiger partial charge in [0.2, 0.25) is 0 Å². The molecule has 1 aliphatic carbocycles. The van der Waals surface area contributed by atoms with Gasteiger partial charge in [0.05, 0.1) is 0 Å². The van der Waals surface area contributed by atoms with Gasteiger partial charge < -0.3 is 20.4 Å². The van der Waals surface area contributed by atoms with Crippen molar-refractivity contribution >= 4 is 6.15 Å². The van der Waals surface area contributed by atoms with Crippen LogP contribution < -0.4 is 0 Å². The van der Waals surface area contributed by atoms with Gasteiger partial charge in [0.1, 0.15) is 23.0 Å². The lowest BCUT2D eigenvalue weighted by atomic mass is 9.79. The maximum Gasteiger partial charge on any atom is 0.373 e. The fourth-order valence-corrected chi connectivity index (χ4v) is 6.67. The van der Waals surface area contributed by atoms with Crippen LogP contribution in [0.5, 0.6) is 23.0 Å². The van der Waals surface area contributed by atoms with E-state index in [0.717, 1.165) is 66.8 Å². The summed E-state index contributed by atoms with van der Waals surface area (Å²) in [5.41, 5.74) is 9.48. The number of phenols is 4. The highest BCUT2D eigenvalue weighted by Crippen LogP contribution is 2.43. The molecule has 8 bridgehead atoms. The summed E-state index contributed by atoms with van der Waals surface area (Å²) in [6.45, 7) is 26.0. The molecule has 4 N–H and O–H groups in total. The van der Waals surface area contributed by atoms with Crippen LogP contribution >= 0.6 is 0 Å². The molecule has 0 unspecified atom stereocenters. The van der Waals surface area contributed by atoms with Gasteiger partial charge in [-0.25, -0.2) is 0 Å². The third-order valence-electron chi connectivity index (χ3n) is 10.1. The van der Waals surface area contributed by atoms with Crippen molar-refractivity contribution in [3.05, 3.63) is 115 Å². The molecular formula is C45H56O6. The van der Waals surface area contributed by atoms with E-state index < -0.39 is 0 Å². The summed E-state index contributed by atoms with van der Waals surface area (Å²) < 4.78 is 0. The molecule has 0 saturated heterocycles. The Morgan fingerprint density at radius 3 is 0.569 bits per heavy atom. The van der Waals surface area contributed by atoms with Crippen molar-refractivity contribution in [1.82, 2.24) is 0 Å². The molecule has 0 atom stereocenters. The molecule has 0 fully saturated rings. The quantitative estimate of drug-likeness (QED) is 0.128. The highest BCUT2D eigenvalue weighted by molar-refractivity contribution is 5.58. The third-order valence-corrected chi connectivity index (χ3v) is 10.1. The summed E-state index contributed by atoms with van der Waals surface area (Å²) >= 11 is 0. The number of rotatable bonds is 0. The van der Waals surface area contributed by atoms with Gasteiger partial charge in [-0.2, -0.15) is 9.59 Å². The average molecular weight is 693 g/mol. The monoisotopic (exact) mass is 692 g/mol. The first-order chi connectivity index (χ1) is 23.3. The molecule has 5 rings (SSSR count). The summed E-state index contributed by atoms with van der Waals surface area (Å²) in [4.78, 5) is 16.2. The Morgan fingerprint density at radius 2 is 0.471 bits per heavy atom. The number of aromatic hydroxyl groups is 4. The lowest BCUT2D eigenvalue weighted by molar-refractivity contribution is -0.191. The Hall–Kier alpha value is -4.54. The fourth-order valence-electron chi connectivity index (χ4n) is 6.67. The van der Waals surface area contributed by atoms with E-state index >= 15 is 0 Å². The zero-order valence-corrected chi connectivity index (χ0v) is 32.6. The summed E-state index contributed by atoms with van der Waals surface area (Å²) in [6.07, 6.45) is 1.60. The maximum atomic E-state index is 11.9. The lowest BCUT2D eigenvalue weighted by Gasteiger charge is -2.27. The first kappa shape index (κ1) is 39.2. The molecule has 0 saturated carbocycles. The zero-order chi connectivity index (χ0) is 38.4. The summed E-state index contributed by atoms with van der Waals surface area (Å²) in [6, 6.07) is 16.5. The van der Waals surface area contributed by atoms with Crippen LogP contribution in [0.3, 0.4) is 0 Å². The van der Waals surface area contributed by atoms with Crippen LogP contribution in [0.1, 0.15) is 150 Å². The van der Waals surface area contributed by atoms with Gasteiger partial charge in [-0.05, 0) is 88.4 Å². The highest BCUT2D eigenvalue weighted by Gasteiger charge is 2.27. The number of hydrogen-bond donors (Lipinski definition) is 4. The van der Waals surface area contributed by atoms with E-state index in [1.807, 2.05) is 0 Å². The molecule has 272 valence electrons. The highest BCUT2D eigenvalue weighted by atomic mass is 16.3. The molecule has 0 amide bonds. The molecular weight excluding hydrogens is 636 g/mol. The van der Waals surface area contributed by atoms with Gasteiger partial charge in [0.25, 0.3) is 0 Å². The van der Waals surface area contributed by atoms with Crippen LogP contribution in [0.15, 0.2) is 48.5 Å². The Labute approximate surface area is 304 Å². The normalized spacial score (nSPS) is 13.6. The summed E-state index contributed by atoms with van der Waals surface area (Å²) in [5.74, 6) is 0.767. The van der Waals surface area contributed by atoms with E-state index in [0.29, 0.717) is 25.7 Å². The Morgan fingerprint density at radius 1 is 0.353 bits per heavy atom. The summed E-state index contributed by atoms with van der Waals surface area (Å²) in [5, 5.41) is 47.6. The number of hydrogen-bond acceptors (Lipinski definition) is 6. The maximum absolute atomic E-state index is 11.9. The molecule has 51 heavy (non-hydrogen) atoms. The number of benzene rings is 4. The van der Waals surface area contributed by atoms with Gasteiger partial charge >= 0.3 is 6.15 Å². The molecule has 4 aromatic carbocycles. The smallest absolute Gasteiger partial charge is 0.373 e. The van der Waals surface area contributed by atoms with Crippen molar-refractivity contribution in [2.45, 2.75) is 130 Å². The molecule has 0 radical (unpaired) electrons. The fraction of sp³-hybridized carbons (Fsp3) is 0.444. The van der Waals surface area contributed by atoms with Crippen molar-refractivity contribution < 1.29 is 30.0 Å². The van der Waals surface area contributed by atoms with E-state index in [2.05, 4.69) is 132 Å². The molecule has 1 aliphatic rings. The second kappa shape index (κ2) is 13.9. The summed E-state index contributed by atoms with van der Waals surface area (Å²) in [7, 11) is 0. The molecule has 0 spiro atoms. The van der Waals surface area contributed by atoms with Gasteiger partial charge in [-0.15, -0.1) is 0 Å². The predicted octanol–water partition coefficient (Wildman–Crippen LogP) is 9.79. The first-order valence-electron chi connectivity index (χ1n) is 17.7. The van der Waals surface area contributed by atoms with Gasteiger partial charge in [-0.3, -0.25) is 0 Å². The van der Waals surface area contributed by atoms with Crippen molar-refractivity contribution in [3.63, 3.8) is 0 Å². The van der Waals surface area contributed by atoms with Crippen LogP contribution in [-0.4, -0.2) is 26.6 Å². The first-order valence-corrected chi connectivity index (χ1v) is 17.7. The Kier molecular flexibility index (Phi) is 10.7. The SMILES string of the molecule is CC(C)(C)c1cc2c(O)c(c1)Cc1cc(C(C)(C)C)cc(c1O)Cc1cc(C(C)(C)C)cc(c1O)Cc1cc(C(C)(C)C)cc(c1O)C2.O=C=O. The second-order valence-electron chi connectivity index (χ2n) is 18.4. The molecule has 6 nitrogen and oxygen atoms in total. The van der Waals surface area contributed by atoms with Crippen molar-refractivity contribution in [2.75, 3.05) is 0 Å². The molecule has 0 aromatic heterocycles. The van der Waals surface area contributed by atoms with Gasteiger partial charge in [-0.1, -0.05) is 132 Å². The van der Waals surface area contributed by atoms with E-state index in [9.17, 15) is 20.4 Å². The average Bonchev–Trinajstić information content (AvgIpc) is 2.98. The van der Waals surface area contributed by atoms with Crippen molar-refractivity contribution in [1.29, 1.82) is 0 Å². The van der Waals surface area contributed by atoms with E-state index in [1.54, 1.807) is 0 Å². The molecule has 6 heteroatoms. The predicted molar refractivity (Wildman–Crippen MR) is 203 cm³/mol. The molecule has 0 heterocycles. The van der Waals surface area contributed by atoms with Crippen molar-refractivity contribution in [3.8, 4) is 23.0 Å². The topological polar surface area (TPSA) is 115 Å². The number of fused-ring (bicyclic) bond motifs is 8. The van der Waals surface area contributed by atoms with Crippen LogP contribution in [0.25, 0.3) is 0 Å². The third kappa shape index (κ3) is 8.68.